The van der Waals surface area contributed by atoms with Gasteiger partial charge in [0, 0.05) is 22.2 Å². The number of hydrogen-bond acceptors (Lipinski definition) is 4. The number of rotatable bonds is 6. The molecule has 0 unspecified atom stereocenters. The normalized spacial score (nSPS) is 21.0. The van der Waals surface area contributed by atoms with E-state index in [0.29, 0.717) is 22.4 Å². The molecule has 0 saturated heterocycles. The molecule has 0 spiro atoms. The number of hydrogen-bond donors (Lipinski definition) is 1. The van der Waals surface area contributed by atoms with Gasteiger partial charge in [0.05, 0.1) is 5.56 Å². The van der Waals surface area contributed by atoms with E-state index in [2.05, 4.69) is 19.2 Å². The number of nitrogens with one attached hydrogen (secondary N) is 1. The van der Waals surface area contributed by atoms with Crippen LogP contribution >= 0.6 is 11.6 Å². The first-order valence-electron chi connectivity index (χ1n) is 10.2. The third-order valence-corrected chi connectivity index (χ3v) is 6.14. The molecule has 0 aliphatic heterocycles. The van der Waals surface area contributed by atoms with E-state index in [4.69, 9.17) is 16.3 Å². The Morgan fingerprint density at radius 3 is 2.37 bits per heavy atom. The lowest BCUT2D eigenvalue weighted by Crippen LogP contribution is -2.45. The second-order valence-corrected chi connectivity index (χ2v) is 8.34. The van der Waals surface area contributed by atoms with Crippen molar-refractivity contribution in [2.75, 3.05) is 6.61 Å². The number of carbonyl (C=O) groups excluding carboxylic acids is 3. The van der Waals surface area contributed by atoms with Crippen molar-refractivity contribution in [3.8, 4) is 0 Å². The lowest BCUT2D eigenvalue weighted by Gasteiger charge is -2.34. The number of ether oxygens (including phenoxy) is 1. The molecule has 1 fully saturated rings. The topological polar surface area (TPSA) is 72.5 Å². The molecule has 1 aliphatic carbocycles. The van der Waals surface area contributed by atoms with Crippen molar-refractivity contribution in [3.05, 3.63) is 70.2 Å². The van der Waals surface area contributed by atoms with Crippen molar-refractivity contribution < 1.29 is 19.1 Å². The zero-order valence-corrected chi connectivity index (χ0v) is 17.9. The number of carbonyl (C=O) groups is 3. The van der Waals surface area contributed by atoms with Crippen LogP contribution in [0.1, 0.15) is 59.4 Å². The van der Waals surface area contributed by atoms with Crippen molar-refractivity contribution in [1.82, 2.24) is 5.32 Å². The molecular formula is C24H26ClNO4. The highest BCUT2D eigenvalue weighted by molar-refractivity contribution is 6.30. The van der Waals surface area contributed by atoms with Crippen molar-refractivity contribution in [2.45, 2.75) is 39.2 Å². The largest absolute Gasteiger partial charge is 0.452 e. The predicted molar refractivity (Wildman–Crippen MR) is 116 cm³/mol. The van der Waals surface area contributed by atoms with Gasteiger partial charge in [0.2, 0.25) is 0 Å². The zero-order chi connectivity index (χ0) is 21.7. The molecule has 6 heteroatoms. The van der Waals surface area contributed by atoms with Gasteiger partial charge in [-0.2, -0.15) is 0 Å². The first-order valence-corrected chi connectivity index (χ1v) is 10.6. The first kappa shape index (κ1) is 22.0. The molecule has 3 rings (SSSR count). The van der Waals surface area contributed by atoms with E-state index >= 15 is 0 Å². The maximum absolute atomic E-state index is 12.8. The van der Waals surface area contributed by atoms with Gasteiger partial charge in [0.25, 0.3) is 5.91 Å². The van der Waals surface area contributed by atoms with Crippen molar-refractivity contribution in [2.24, 2.45) is 11.8 Å². The fraction of sp³-hybridized carbons (Fsp3) is 0.375. The van der Waals surface area contributed by atoms with Gasteiger partial charge < -0.3 is 10.1 Å². The van der Waals surface area contributed by atoms with Crippen LogP contribution in [0, 0.1) is 11.8 Å². The Morgan fingerprint density at radius 2 is 1.67 bits per heavy atom. The summed E-state index contributed by atoms with van der Waals surface area (Å²) in [5.41, 5.74) is 0.766. The molecule has 3 atom stereocenters. The second-order valence-electron chi connectivity index (χ2n) is 7.90. The lowest BCUT2D eigenvalue weighted by molar-refractivity contribution is -0.125. The summed E-state index contributed by atoms with van der Waals surface area (Å²) in [6.07, 6.45) is 3.18. The van der Waals surface area contributed by atoms with Gasteiger partial charge in [-0.3, -0.25) is 9.59 Å². The van der Waals surface area contributed by atoms with Gasteiger partial charge in [-0.25, -0.2) is 4.79 Å². The highest BCUT2D eigenvalue weighted by Crippen LogP contribution is 2.29. The number of benzene rings is 2. The Kier molecular flexibility index (Phi) is 7.27. The number of esters is 1. The smallest absolute Gasteiger partial charge is 0.339 e. The zero-order valence-electron chi connectivity index (χ0n) is 17.2. The molecular weight excluding hydrogens is 402 g/mol. The molecule has 0 bridgehead atoms. The van der Waals surface area contributed by atoms with Crippen molar-refractivity contribution in [1.29, 1.82) is 0 Å². The molecule has 1 N–H and O–H groups in total. The highest BCUT2D eigenvalue weighted by Gasteiger charge is 2.28. The molecule has 30 heavy (non-hydrogen) atoms. The Labute approximate surface area is 181 Å². The molecule has 1 aliphatic rings. The van der Waals surface area contributed by atoms with E-state index < -0.39 is 5.97 Å². The van der Waals surface area contributed by atoms with E-state index in [0.717, 1.165) is 12.8 Å². The van der Waals surface area contributed by atoms with E-state index in [1.165, 1.54) is 12.5 Å². The summed E-state index contributed by atoms with van der Waals surface area (Å²) in [5.74, 6) is -0.397. The van der Waals surface area contributed by atoms with Gasteiger partial charge in [-0.1, -0.05) is 56.5 Å². The minimum atomic E-state index is -0.701. The van der Waals surface area contributed by atoms with E-state index in [1.54, 1.807) is 42.5 Å². The Morgan fingerprint density at radius 1 is 1.00 bits per heavy atom. The van der Waals surface area contributed by atoms with E-state index in [1.807, 2.05) is 0 Å². The van der Waals surface area contributed by atoms with Gasteiger partial charge in [0.15, 0.2) is 12.4 Å². The Hall–Kier alpha value is -2.66. The number of ketones is 1. The summed E-state index contributed by atoms with van der Waals surface area (Å²) in [4.78, 5) is 37.7. The highest BCUT2D eigenvalue weighted by atomic mass is 35.5. The van der Waals surface area contributed by atoms with Gasteiger partial charge >= 0.3 is 5.97 Å². The van der Waals surface area contributed by atoms with Crippen LogP contribution < -0.4 is 5.32 Å². The first-order chi connectivity index (χ1) is 14.4. The van der Waals surface area contributed by atoms with E-state index in [9.17, 15) is 14.4 Å². The minimum Gasteiger partial charge on any atom is -0.452 e. The molecule has 0 heterocycles. The van der Waals surface area contributed by atoms with Crippen LogP contribution in [0.15, 0.2) is 48.5 Å². The second kappa shape index (κ2) is 9.90. The van der Waals surface area contributed by atoms with Crippen molar-refractivity contribution in [3.63, 3.8) is 0 Å². The third-order valence-electron chi connectivity index (χ3n) is 5.89. The van der Waals surface area contributed by atoms with E-state index in [-0.39, 0.29) is 35.5 Å². The van der Waals surface area contributed by atoms with Crippen LogP contribution in [0.25, 0.3) is 0 Å². The predicted octanol–water partition coefficient (Wildman–Crippen LogP) is 4.67. The summed E-state index contributed by atoms with van der Waals surface area (Å²) in [7, 11) is 0. The lowest BCUT2D eigenvalue weighted by atomic mass is 9.78. The summed E-state index contributed by atoms with van der Waals surface area (Å²) in [5, 5.41) is 3.50. The van der Waals surface area contributed by atoms with Gasteiger partial charge in [-0.05, 0) is 48.6 Å². The standard InChI is InChI=1S/C24H26ClNO4/c1-15-6-5-9-21(16(15)2)26-22(27)14-30-24(29)20-8-4-3-7-19(20)23(28)17-10-12-18(25)13-11-17/h3-4,7-8,10-13,15-16,21H,5-6,9,14H2,1-2H3,(H,26,27)/t15-,16-,21+/m1/s1. The number of amides is 1. The molecule has 158 valence electrons. The molecule has 1 amide bonds. The average molecular weight is 428 g/mol. The maximum Gasteiger partial charge on any atom is 0.339 e. The van der Waals surface area contributed by atoms with Crippen LogP contribution in [0.4, 0.5) is 0 Å². The van der Waals surface area contributed by atoms with Crippen LogP contribution in [-0.2, 0) is 9.53 Å². The quantitative estimate of drug-likeness (QED) is 0.537. The van der Waals surface area contributed by atoms with Gasteiger partial charge in [0.1, 0.15) is 0 Å². The third kappa shape index (κ3) is 5.28. The fourth-order valence-electron chi connectivity index (χ4n) is 3.86. The molecule has 2 aromatic carbocycles. The average Bonchev–Trinajstić information content (AvgIpc) is 2.75. The summed E-state index contributed by atoms with van der Waals surface area (Å²) >= 11 is 5.88. The SMILES string of the molecule is C[C@@H]1[C@H](C)CCC[C@@H]1NC(=O)COC(=O)c1ccccc1C(=O)c1ccc(Cl)cc1. The Balaban J connectivity index is 1.64. The summed E-state index contributed by atoms with van der Waals surface area (Å²) in [6, 6.07) is 13.0. The van der Waals surface area contributed by atoms with Crippen LogP contribution in [0.5, 0.6) is 0 Å². The Bertz CT molecular complexity index is 925. The molecule has 0 aromatic heterocycles. The van der Waals surface area contributed by atoms with Crippen LogP contribution in [0.2, 0.25) is 5.02 Å². The van der Waals surface area contributed by atoms with Gasteiger partial charge in [-0.15, -0.1) is 0 Å². The number of halogens is 1. The molecule has 5 nitrogen and oxygen atoms in total. The fourth-order valence-corrected chi connectivity index (χ4v) is 3.98. The summed E-state index contributed by atoms with van der Waals surface area (Å²) in [6.45, 7) is 3.96. The molecule has 2 aromatic rings. The summed E-state index contributed by atoms with van der Waals surface area (Å²) < 4.78 is 5.22. The van der Waals surface area contributed by atoms with Crippen LogP contribution in [-0.4, -0.2) is 30.3 Å². The van der Waals surface area contributed by atoms with Crippen LogP contribution in [0.3, 0.4) is 0 Å². The van der Waals surface area contributed by atoms with Crippen molar-refractivity contribution >= 4 is 29.3 Å². The molecule has 1 saturated carbocycles. The molecule has 0 radical (unpaired) electrons. The monoisotopic (exact) mass is 427 g/mol. The minimum absolute atomic E-state index is 0.0960. The maximum atomic E-state index is 12.8.